The van der Waals surface area contributed by atoms with Crippen molar-refractivity contribution in [1.82, 2.24) is 29.5 Å². The van der Waals surface area contributed by atoms with Crippen LogP contribution in [0.1, 0.15) is 11.4 Å². The third-order valence-corrected chi connectivity index (χ3v) is 3.93. The van der Waals surface area contributed by atoms with E-state index < -0.39 is 0 Å². The van der Waals surface area contributed by atoms with Crippen LogP contribution in [-0.2, 0) is 17.9 Å². The lowest BCUT2D eigenvalue weighted by Crippen LogP contribution is -2.41. The summed E-state index contributed by atoms with van der Waals surface area (Å²) in [5, 5.41) is 4.35. The van der Waals surface area contributed by atoms with Gasteiger partial charge in [0.2, 0.25) is 5.91 Å². The van der Waals surface area contributed by atoms with Crippen LogP contribution in [-0.4, -0.2) is 68.7 Å². The number of carbonyl (C=O) groups excluding carboxylic acids is 1. The minimum Gasteiger partial charge on any atom is -0.457 e. The van der Waals surface area contributed by atoms with Gasteiger partial charge in [-0.3, -0.25) is 14.4 Å². The van der Waals surface area contributed by atoms with E-state index >= 15 is 0 Å². The highest BCUT2D eigenvalue weighted by Gasteiger charge is 2.26. The average molecular weight is 330 g/mol. The molecule has 0 fully saturated rings. The van der Waals surface area contributed by atoms with Crippen LogP contribution in [0.2, 0.25) is 0 Å². The van der Waals surface area contributed by atoms with Crippen LogP contribution in [0.5, 0.6) is 6.01 Å². The van der Waals surface area contributed by atoms with Crippen LogP contribution in [0.4, 0.5) is 0 Å². The molecule has 1 amide bonds. The summed E-state index contributed by atoms with van der Waals surface area (Å²) in [7, 11) is 3.53. The molecule has 2 aromatic rings. The summed E-state index contributed by atoms with van der Waals surface area (Å²) in [5.74, 6) is 0.0634. The summed E-state index contributed by atoms with van der Waals surface area (Å²) < 4.78 is 7.88. The Bertz CT molecular complexity index is 714. The molecule has 8 heteroatoms. The second kappa shape index (κ2) is 6.96. The number of hydrogen-bond acceptors (Lipinski definition) is 6. The van der Waals surface area contributed by atoms with E-state index in [1.807, 2.05) is 23.7 Å². The van der Waals surface area contributed by atoms with Crippen LogP contribution in [0.15, 0.2) is 24.5 Å². The first-order valence-corrected chi connectivity index (χ1v) is 7.91. The summed E-state index contributed by atoms with van der Waals surface area (Å²) in [4.78, 5) is 24.2. The molecule has 0 N–H and O–H groups in total. The fourth-order valence-electron chi connectivity index (χ4n) is 2.65. The standard InChI is InChI=1S/C16H22N6O2/c1-12-4-6-17-16(19-12)24-14-9-21(11-15(23)20(2)3)8-13-5-7-18-22(13)10-14/h4-7,14H,8-11H2,1-3H3. The highest BCUT2D eigenvalue weighted by atomic mass is 16.5. The molecule has 0 saturated carbocycles. The Kier molecular flexibility index (Phi) is 4.75. The largest absolute Gasteiger partial charge is 0.457 e. The lowest BCUT2D eigenvalue weighted by Gasteiger charge is -2.24. The number of aromatic nitrogens is 4. The Balaban J connectivity index is 1.77. The van der Waals surface area contributed by atoms with Gasteiger partial charge in [0.05, 0.1) is 18.8 Å². The van der Waals surface area contributed by atoms with Crippen molar-refractivity contribution in [3.8, 4) is 6.01 Å². The summed E-state index contributed by atoms with van der Waals surface area (Å²) in [5.41, 5.74) is 1.92. The maximum atomic E-state index is 12.1. The molecule has 1 unspecified atom stereocenters. The van der Waals surface area contributed by atoms with E-state index in [1.165, 1.54) is 0 Å². The fourth-order valence-corrected chi connectivity index (χ4v) is 2.65. The molecular weight excluding hydrogens is 308 g/mol. The summed E-state index contributed by atoms with van der Waals surface area (Å²) in [6.45, 7) is 4.11. The zero-order valence-corrected chi connectivity index (χ0v) is 14.2. The molecule has 0 bridgehead atoms. The molecule has 2 aromatic heterocycles. The molecule has 1 atom stereocenters. The van der Waals surface area contributed by atoms with Crippen LogP contribution < -0.4 is 4.74 Å². The Morgan fingerprint density at radius 2 is 2.17 bits per heavy atom. The molecule has 0 saturated heterocycles. The number of hydrogen-bond donors (Lipinski definition) is 0. The van der Waals surface area contributed by atoms with Gasteiger partial charge in [-0.1, -0.05) is 0 Å². The first-order valence-electron chi connectivity index (χ1n) is 7.91. The Morgan fingerprint density at radius 1 is 1.33 bits per heavy atom. The van der Waals surface area contributed by atoms with E-state index in [0.717, 1.165) is 11.4 Å². The van der Waals surface area contributed by atoms with Crippen LogP contribution >= 0.6 is 0 Å². The van der Waals surface area contributed by atoms with E-state index in [-0.39, 0.29) is 12.0 Å². The summed E-state index contributed by atoms with van der Waals surface area (Å²) in [6.07, 6.45) is 3.27. The highest BCUT2D eigenvalue weighted by Crippen LogP contribution is 2.15. The second-order valence-corrected chi connectivity index (χ2v) is 6.18. The first-order chi connectivity index (χ1) is 11.5. The van der Waals surface area contributed by atoms with Crippen molar-refractivity contribution in [2.45, 2.75) is 26.1 Å². The fraction of sp³-hybridized carbons (Fsp3) is 0.500. The van der Waals surface area contributed by atoms with Gasteiger partial charge in [-0.15, -0.1) is 0 Å². The van der Waals surface area contributed by atoms with Crippen LogP contribution in [0, 0.1) is 6.92 Å². The van der Waals surface area contributed by atoms with E-state index in [9.17, 15) is 4.79 Å². The zero-order chi connectivity index (χ0) is 17.1. The molecule has 0 radical (unpaired) electrons. The number of rotatable bonds is 4. The Morgan fingerprint density at radius 3 is 2.92 bits per heavy atom. The van der Waals surface area contributed by atoms with E-state index in [1.54, 1.807) is 31.4 Å². The number of amides is 1. The monoisotopic (exact) mass is 330 g/mol. The number of nitrogens with zero attached hydrogens (tertiary/aromatic N) is 6. The quantitative estimate of drug-likeness (QED) is 0.804. The SMILES string of the molecule is Cc1ccnc(OC2CN(CC(=O)N(C)C)Cc3ccnn3C2)n1. The van der Waals surface area contributed by atoms with Crippen molar-refractivity contribution in [3.05, 3.63) is 35.9 Å². The first kappa shape index (κ1) is 16.4. The third-order valence-electron chi connectivity index (χ3n) is 3.93. The van der Waals surface area contributed by atoms with Gasteiger partial charge in [0.25, 0.3) is 0 Å². The maximum Gasteiger partial charge on any atom is 0.316 e. The molecule has 24 heavy (non-hydrogen) atoms. The van der Waals surface area contributed by atoms with Crippen LogP contribution in [0.25, 0.3) is 0 Å². The predicted molar refractivity (Wildman–Crippen MR) is 87.4 cm³/mol. The second-order valence-electron chi connectivity index (χ2n) is 6.18. The number of fused-ring (bicyclic) bond motifs is 1. The number of carbonyl (C=O) groups is 1. The molecule has 3 heterocycles. The summed E-state index contributed by atoms with van der Waals surface area (Å²) >= 11 is 0. The van der Waals surface area contributed by atoms with Gasteiger partial charge >= 0.3 is 6.01 Å². The average Bonchev–Trinajstić information content (AvgIpc) is 2.87. The molecular formula is C16H22N6O2. The van der Waals surface area contributed by atoms with Crippen molar-refractivity contribution >= 4 is 5.91 Å². The third kappa shape index (κ3) is 3.88. The molecule has 1 aliphatic rings. The van der Waals surface area contributed by atoms with Gasteiger partial charge in [0, 0.05) is 45.3 Å². The predicted octanol–water partition coefficient (Wildman–Crippen LogP) is 0.333. The molecule has 0 aromatic carbocycles. The summed E-state index contributed by atoms with van der Waals surface area (Å²) in [6, 6.07) is 4.15. The Hall–Kier alpha value is -2.48. The van der Waals surface area contributed by atoms with E-state index in [4.69, 9.17) is 4.74 Å². The molecule has 3 rings (SSSR count). The van der Waals surface area contributed by atoms with Gasteiger partial charge in [0.1, 0.15) is 6.10 Å². The van der Waals surface area contributed by atoms with Gasteiger partial charge in [-0.05, 0) is 19.1 Å². The van der Waals surface area contributed by atoms with Crippen molar-refractivity contribution in [1.29, 1.82) is 0 Å². The molecule has 0 spiro atoms. The Labute approximate surface area is 141 Å². The van der Waals surface area contributed by atoms with E-state index in [2.05, 4.69) is 20.0 Å². The topological polar surface area (TPSA) is 76.4 Å². The lowest BCUT2D eigenvalue weighted by atomic mass is 10.3. The zero-order valence-electron chi connectivity index (χ0n) is 14.2. The van der Waals surface area contributed by atoms with Crippen molar-refractivity contribution in [2.75, 3.05) is 27.2 Å². The minimum absolute atomic E-state index is 0.0634. The molecule has 1 aliphatic heterocycles. The molecule has 8 nitrogen and oxygen atoms in total. The van der Waals surface area contributed by atoms with Crippen molar-refractivity contribution in [3.63, 3.8) is 0 Å². The lowest BCUT2D eigenvalue weighted by molar-refractivity contribution is -0.130. The molecule has 0 aliphatic carbocycles. The number of likely N-dealkylation sites (N-methyl/N-ethyl adjacent to an activating group) is 1. The number of ether oxygens (including phenoxy) is 1. The number of aryl methyl sites for hydroxylation is 1. The highest BCUT2D eigenvalue weighted by molar-refractivity contribution is 5.77. The van der Waals surface area contributed by atoms with E-state index in [0.29, 0.717) is 32.2 Å². The van der Waals surface area contributed by atoms with Crippen molar-refractivity contribution < 1.29 is 9.53 Å². The van der Waals surface area contributed by atoms with Gasteiger partial charge in [-0.25, -0.2) is 9.97 Å². The van der Waals surface area contributed by atoms with Crippen LogP contribution in [0.3, 0.4) is 0 Å². The van der Waals surface area contributed by atoms with Crippen molar-refractivity contribution in [2.24, 2.45) is 0 Å². The molecule has 128 valence electrons. The smallest absolute Gasteiger partial charge is 0.316 e. The normalized spacial score (nSPS) is 17.9. The van der Waals surface area contributed by atoms with Gasteiger partial charge in [0.15, 0.2) is 0 Å². The van der Waals surface area contributed by atoms with Gasteiger partial charge in [-0.2, -0.15) is 5.10 Å². The maximum absolute atomic E-state index is 12.1. The minimum atomic E-state index is -0.178. The van der Waals surface area contributed by atoms with Gasteiger partial charge < -0.3 is 9.64 Å².